The van der Waals surface area contributed by atoms with Crippen LogP contribution in [0.4, 0.5) is 0 Å². The number of carbonyl (C=O) groups excluding carboxylic acids is 2. The van der Waals surface area contributed by atoms with E-state index in [0.717, 1.165) is 10.9 Å². The van der Waals surface area contributed by atoms with Gasteiger partial charge in [-0.2, -0.15) is 0 Å². The van der Waals surface area contributed by atoms with E-state index in [-0.39, 0.29) is 18.2 Å². The number of hydrogen-bond donors (Lipinski definition) is 2. The van der Waals surface area contributed by atoms with Crippen LogP contribution in [0.25, 0.3) is 11.0 Å². The van der Waals surface area contributed by atoms with Gasteiger partial charge in [-0.05, 0) is 24.3 Å². The molecule has 2 N–H and O–H groups in total. The third-order valence-corrected chi connectivity index (χ3v) is 3.98. The molecule has 6 heteroatoms. The molecule has 2 amide bonds. The zero-order chi connectivity index (χ0) is 18.4. The van der Waals surface area contributed by atoms with Crippen molar-refractivity contribution in [3.63, 3.8) is 0 Å². The Morgan fingerprint density at radius 2 is 1.81 bits per heavy atom. The number of nitrogens with one attached hydrogen (secondary N) is 2. The molecule has 0 unspecified atom stereocenters. The van der Waals surface area contributed by atoms with Crippen molar-refractivity contribution in [2.45, 2.75) is 6.42 Å². The molecule has 3 rings (SSSR count). The van der Waals surface area contributed by atoms with Crippen LogP contribution in [0.1, 0.15) is 15.9 Å². The van der Waals surface area contributed by atoms with Gasteiger partial charge in [0.2, 0.25) is 5.91 Å². The molecule has 26 heavy (non-hydrogen) atoms. The third kappa shape index (κ3) is 4.22. The fourth-order valence-corrected chi connectivity index (χ4v) is 2.63. The Bertz CT molecular complexity index is 903. The minimum Gasteiger partial charge on any atom is -0.497 e. The standard InChI is InChI=1S/C20H20N2O4/c1-25-16-7-8-17-15(13-26-18(17)12-16)11-19(23)21-9-10-22-20(24)14-5-3-2-4-6-14/h2-8,12-13H,9-11H2,1H3,(H,21,23)(H,22,24). The number of methoxy groups -OCH3 is 1. The largest absolute Gasteiger partial charge is 0.497 e. The molecule has 0 saturated heterocycles. The van der Waals surface area contributed by atoms with Crippen molar-refractivity contribution in [1.29, 1.82) is 0 Å². The molecular weight excluding hydrogens is 332 g/mol. The quantitative estimate of drug-likeness (QED) is 0.640. The summed E-state index contributed by atoms with van der Waals surface area (Å²) in [4.78, 5) is 24.0. The average Bonchev–Trinajstić information content (AvgIpc) is 3.07. The van der Waals surface area contributed by atoms with Crippen molar-refractivity contribution >= 4 is 22.8 Å². The van der Waals surface area contributed by atoms with Gasteiger partial charge in [-0.1, -0.05) is 18.2 Å². The van der Waals surface area contributed by atoms with Gasteiger partial charge in [0.15, 0.2) is 0 Å². The van der Waals surface area contributed by atoms with Crippen molar-refractivity contribution < 1.29 is 18.7 Å². The maximum Gasteiger partial charge on any atom is 0.251 e. The first-order valence-electron chi connectivity index (χ1n) is 8.31. The molecule has 0 atom stereocenters. The Balaban J connectivity index is 1.47. The van der Waals surface area contributed by atoms with Crippen LogP contribution in [0, 0.1) is 0 Å². The molecule has 1 aromatic heterocycles. The minimum atomic E-state index is -0.158. The molecule has 0 bridgehead atoms. The number of furan rings is 1. The fraction of sp³-hybridized carbons (Fsp3) is 0.200. The van der Waals surface area contributed by atoms with Crippen LogP contribution in [0.2, 0.25) is 0 Å². The van der Waals surface area contributed by atoms with Gasteiger partial charge in [-0.3, -0.25) is 9.59 Å². The zero-order valence-electron chi connectivity index (χ0n) is 14.5. The van der Waals surface area contributed by atoms with Crippen LogP contribution >= 0.6 is 0 Å². The number of carbonyl (C=O) groups is 2. The van der Waals surface area contributed by atoms with Crippen LogP contribution in [0.15, 0.2) is 59.2 Å². The Labute approximate surface area is 151 Å². The lowest BCUT2D eigenvalue weighted by atomic mass is 10.1. The summed E-state index contributed by atoms with van der Waals surface area (Å²) in [5.41, 5.74) is 2.09. The zero-order valence-corrected chi connectivity index (χ0v) is 14.5. The van der Waals surface area contributed by atoms with Gasteiger partial charge in [0.1, 0.15) is 11.3 Å². The first kappa shape index (κ1) is 17.5. The fourth-order valence-electron chi connectivity index (χ4n) is 2.63. The van der Waals surface area contributed by atoms with Gasteiger partial charge in [0, 0.05) is 35.7 Å². The smallest absolute Gasteiger partial charge is 0.251 e. The summed E-state index contributed by atoms with van der Waals surface area (Å²) >= 11 is 0. The summed E-state index contributed by atoms with van der Waals surface area (Å²) in [6.07, 6.45) is 1.80. The maximum atomic E-state index is 12.1. The summed E-state index contributed by atoms with van der Waals surface area (Å²) in [7, 11) is 1.59. The molecule has 1 heterocycles. The summed E-state index contributed by atoms with van der Waals surface area (Å²) in [6, 6.07) is 14.4. The van der Waals surface area contributed by atoms with Gasteiger partial charge >= 0.3 is 0 Å². The minimum absolute atomic E-state index is 0.127. The van der Waals surface area contributed by atoms with Crippen LogP contribution in [-0.2, 0) is 11.2 Å². The van der Waals surface area contributed by atoms with Crippen LogP contribution in [0.5, 0.6) is 5.75 Å². The van der Waals surface area contributed by atoms with Crippen molar-refractivity contribution in [2.24, 2.45) is 0 Å². The van der Waals surface area contributed by atoms with E-state index in [1.165, 1.54) is 0 Å². The molecule has 2 aromatic carbocycles. The highest BCUT2D eigenvalue weighted by molar-refractivity contribution is 5.94. The predicted molar refractivity (Wildman–Crippen MR) is 98.3 cm³/mol. The Kier molecular flexibility index (Phi) is 5.53. The normalized spacial score (nSPS) is 10.5. The van der Waals surface area contributed by atoms with E-state index < -0.39 is 0 Å². The van der Waals surface area contributed by atoms with Crippen LogP contribution < -0.4 is 15.4 Å². The highest BCUT2D eigenvalue weighted by atomic mass is 16.5. The van der Waals surface area contributed by atoms with E-state index in [4.69, 9.17) is 9.15 Å². The molecule has 134 valence electrons. The van der Waals surface area contributed by atoms with E-state index >= 15 is 0 Å². The van der Waals surface area contributed by atoms with Crippen LogP contribution in [-0.4, -0.2) is 32.0 Å². The molecule has 0 radical (unpaired) electrons. The van der Waals surface area contributed by atoms with Gasteiger partial charge in [0.05, 0.1) is 19.8 Å². The van der Waals surface area contributed by atoms with Crippen molar-refractivity contribution in [3.05, 3.63) is 65.9 Å². The molecule has 0 saturated carbocycles. The molecule has 6 nitrogen and oxygen atoms in total. The Hall–Kier alpha value is -3.28. The van der Waals surface area contributed by atoms with E-state index in [1.807, 2.05) is 30.3 Å². The first-order chi connectivity index (χ1) is 12.7. The molecular formula is C20H20N2O4. The van der Waals surface area contributed by atoms with Crippen molar-refractivity contribution in [1.82, 2.24) is 10.6 Å². The van der Waals surface area contributed by atoms with E-state index in [0.29, 0.717) is 30.0 Å². The maximum absolute atomic E-state index is 12.1. The number of ether oxygens (including phenoxy) is 1. The number of benzene rings is 2. The van der Waals surface area contributed by atoms with E-state index in [2.05, 4.69) is 10.6 Å². The highest BCUT2D eigenvalue weighted by Crippen LogP contribution is 2.25. The van der Waals surface area contributed by atoms with Crippen molar-refractivity contribution in [3.8, 4) is 5.75 Å². The molecule has 0 fully saturated rings. The van der Waals surface area contributed by atoms with Gasteiger partial charge in [0.25, 0.3) is 5.91 Å². The number of rotatable bonds is 7. The second kappa shape index (κ2) is 8.20. The SMILES string of the molecule is COc1ccc2c(CC(=O)NCCNC(=O)c3ccccc3)coc2c1. The molecule has 3 aromatic rings. The molecule has 0 aliphatic heterocycles. The van der Waals surface area contributed by atoms with E-state index in [1.54, 1.807) is 31.6 Å². The predicted octanol–water partition coefficient (Wildman–Crippen LogP) is 2.53. The summed E-state index contributed by atoms with van der Waals surface area (Å²) in [5, 5.41) is 6.45. The summed E-state index contributed by atoms with van der Waals surface area (Å²) < 4.78 is 10.6. The molecule has 0 aliphatic carbocycles. The number of amides is 2. The lowest BCUT2D eigenvalue weighted by Crippen LogP contribution is -2.35. The topological polar surface area (TPSA) is 80.6 Å². The first-order valence-corrected chi connectivity index (χ1v) is 8.31. The molecule has 0 aliphatic rings. The summed E-state index contributed by atoms with van der Waals surface area (Å²) in [6.45, 7) is 0.726. The van der Waals surface area contributed by atoms with Crippen molar-refractivity contribution in [2.75, 3.05) is 20.2 Å². The monoisotopic (exact) mass is 352 g/mol. The second-order valence-corrected chi connectivity index (χ2v) is 5.77. The van der Waals surface area contributed by atoms with Crippen LogP contribution in [0.3, 0.4) is 0 Å². The second-order valence-electron chi connectivity index (χ2n) is 5.77. The van der Waals surface area contributed by atoms with Gasteiger partial charge < -0.3 is 19.8 Å². The van der Waals surface area contributed by atoms with Gasteiger partial charge in [-0.15, -0.1) is 0 Å². The number of fused-ring (bicyclic) bond motifs is 1. The van der Waals surface area contributed by atoms with Gasteiger partial charge in [-0.25, -0.2) is 0 Å². The Morgan fingerprint density at radius 1 is 1.04 bits per heavy atom. The number of hydrogen-bond acceptors (Lipinski definition) is 4. The lowest BCUT2D eigenvalue weighted by Gasteiger charge is -2.07. The Morgan fingerprint density at radius 3 is 2.58 bits per heavy atom. The third-order valence-electron chi connectivity index (χ3n) is 3.98. The highest BCUT2D eigenvalue weighted by Gasteiger charge is 2.11. The average molecular weight is 352 g/mol. The summed E-state index contributed by atoms with van der Waals surface area (Å²) in [5.74, 6) is 0.420. The van der Waals surface area contributed by atoms with E-state index in [9.17, 15) is 9.59 Å². The lowest BCUT2D eigenvalue weighted by molar-refractivity contribution is -0.120. The molecule has 0 spiro atoms.